The van der Waals surface area contributed by atoms with E-state index in [4.69, 9.17) is 0 Å². The standard InChI is InChI=1S/C23H26F3N3O2/c1-15-7-8-16(2)20(13-15)28-22(31)14-29(17-9-10-17)12-11-21(30)27-19-6-4-3-5-18(19)23(24,25)26/h3-8,13,17H,9-12,14H2,1-2H3,(H,27,30)(H,28,31). The molecule has 0 aliphatic heterocycles. The van der Waals surface area contributed by atoms with Crippen LogP contribution in [0.15, 0.2) is 42.5 Å². The molecule has 166 valence electrons. The van der Waals surface area contributed by atoms with E-state index in [-0.39, 0.29) is 30.6 Å². The van der Waals surface area contributed by atoms with Crippen LogP contribution in [-0.4, -0.2) is 35.8 Å². The second-order valence-electron chi connectivity index (χ2n) is 7.91. The zero-order chi connectivity index (χ0) is 22.6. The van der Waals surface area contributed by atoms with Gasteiger partial charge in [0.1, 0.15) is 0 Å². The molecule has 2 amide bonds. The molecule has 1 aliphatic rings. The number of hydrogen-bond donors (Lipinski definition) is 2. The van der Waals surface area contributed by atoms with Gasteiger partial charge in [-0.05, 0) is 56.0 Å². The van der Waals surface area contributed by atoms with Crippen LogP contribution in [0, 0.1) is 13.8 Å². The maximum atomic E-state index is 13.1. The van der Waals surface area contributed by atoms with Gasteiger partial charge in [-0.25, -0.2) is 0 Å². The molecule has 1 fully saturated rings. The van der Waals surface area contributed by atoms with E-state index in [0.717, 1.165) is 35.7 Å². The lowest BCUT2D eigenvalue weighted by atomic mass is 10.1. The van der Waals surface area contributed by atoms with Gasteiger partial charge in [-0.2, -0.15) is 13.2 Å². The third kappa shape index (κ3) is 6.55. The van der Waals surface area contributed by atoms with Crippen LogP contribution in [0.4, 0.5) is 24.5 Å². The summed E-state index contributed by atoms with van der Waals surface area (Å²) in [4.78, 5) is 26.7. The first-order valence-electron chi connectivity index (χ1n) is 10.2. The Morgan fingerprint density at radius 2 is 1.68 bits per heavy atom. The molecule has 0 saturated heterocycles. The molecule has 0 radical (unpaired) electrons. The molecule has 0 unspecified atom stereocenters. The first-order valence-corrected chi connectivity index (χ1v) is 10.2. The molecule has 0 heterocycles. The van der Waals surface area contributed by atoms with Crippen LogP contribution in [0.5, 0.6) is 0 Å². The second kappa shape index (κ2) is 9.51. The Morgan fingerprint density at radius 3 is 2.35 bits per heavy atom. The average Bonchev–Trinajstić information content (AvgIpc) is 3.53. The minimum atomic E-state index is -4.55. The minimum absolute atomic E-state index is 0.000551. The number of nitrogens with one attached hydrogen (secondary N) is 2. The molecule has 2 aromatic carbocycles. The molecule has 0 spiro atoms. The summed E-state index contributed by atoms with van der Waals surface area (Å²) in [5.74, 6) is -0.694. The third-order valence-electron chi connectivity index (χ3n) is 5.21. The van der Waals surface area contributed by atoms with Crippen LogP contribution in [0.25, 0.3) is 0 Å². The minimum Gasteiger partial charge on any atom is -0.325 e. The Balaban J connectivity index is 1.56. The normalized spacial score (nSPS) is 13.9. The molecule has 8 heteroatoms. The van der Waals surface area contributed by atoms with Gasteiger partial charge in [0.2, 0.25) is 11.8 Å². The number of carbonyl (C=O) groups excluding carboxylic acids is 2. The van der Waals surface area contributed by atoms with Gasteiger partial charge in [0, 0.05) is 24.7 Å². The Labute approximate surface area is 179 Å². The van der Waals surface area contributed by atoms with Crippen LogP contribution in [0.3, 0.4) is 0 Å². The fourth-order valence-corrected chi connectivity index (χ4v) is 3.37. The zero-order valence-electron chi connectivity index (χ0n) is 17.6. The largest absolute Gasteiger partial charge is 0.418 e. The number of hydrogen-bond acceptors (Lipinski definition) is 3. The SMILES string of the molecule is Cc1ccc(C)c(NC(=O)CN(CCC(=O)Nc2ccccc2C(F)(F)F)C2CC2)c1. The summed E-state index contributed by atoms with van der Waals surface area (Å²) in [6.07, 6.45) is -2.67. The molecule has 2 N–H and O–H groups in total. The van der Waals surface area contributed by atoms with E-state index >= 15 is 0 Å². The van der Waals surface area contributed by atoms with E-state index in [2.05, 4.69) is 10.6 Å². The van der Waals surface area contributed by atoms with Crippen LogP contribution in [-0.2, 0) is 15.8 Å². The number of anilines is 2. The van der Waals surface area contributed by atoms with E-state index in [0.29, 0.717) is 6.54 Å². The van der Waals surface area contributed by atoms with E-state index < -0.39 is 17.6 Å². The number of aryl methyl sites for hydroxylation is 2. The fraction of sp³-hybridized carbons (Fsp3) is 0.391. The van der Waals surface area contributed by atoms with Crippen molar-refractivity contribution in [2.45, 2.75) is 45.3 Å². The monoisotopic (exact) mass is 433 g/mol. The Morgan fingerprint density at radius 1 is 1.00 bits per heavy atom. The molecule has 0 atom stereocenters. The summed E-state index contributed by atoms with van der Waals surface area (Å²) in [5.41, 5.74) is 1.61. The number of halogens is 3. The second-order valence-corrected chi connectivity index (χ2v) is 7.91. The van der Waals surface area contributed by atoms with Crippen molar-refractivity contribution in [1.29, 1.82) is 0 Å². The first kappa shape index (κ1) is 22.8. The van der Waals surface area contributed by atoms with Crippen molar-refractivity contribution in [3.05, 3.63) is 59.2 Å². The van der Waals surface area contributed by atoms with Crippen molar-refractivity contribution in [2.75, 3.05) is 23.7 Å². The van der Waals surface area contributed by atoms with E-state index in [1.807, 2.05) is 36.9 Å². The van der Waals surface area contributed by atoms with Crippen molar-refractivity contribution < 1.29 is 22.8 Å². The summed E-state index contributed by atoms with van der Waals surface area (Å²) >= 11 is 0. The maximum absolute atomic E-state index is 13.1. The highest BCUT2D eigenvalue weighted by Crippen LogP contribution is 2.34. The van der Waals surface area contributed by atoms with Gasteiger partial charge >= 0.3 is 6.18 Å². The lowest BCUT2D eigenvalue weighted by Gasteiger charge is -2.22. The van der Waals surface area contributed by atoms with Crippen LogP contribution < -0.4 is 10.6 Å². The highest BCUT2D eigenvalue weighted by molar-refractivity contribution is 5.93. The molecule has 1 saturated carbocycles. The van der Waals surface area contributed by atoms with Gasteiger partial charge in [0.05, 0.1) is 17.8 Å². The Bertz CT molecular complexity index is 955. The van der Waals surface area contributed by atoms with Crippen molar-refractivity contribution in [2.24, 2.45) is 0 Å². The third-order valence-corrected chi connectivity index (χ3v) is 5.21. The number of carbonyl (C=O) groups is 2. The topological polar surface area (TPSA) is 61.4 Å². The number of alkyl halides is 3. The quantitative estimate of drug-likeness (QED) is 0.631. The van der Waals surface area contributed by atoms with Crippen molar-refractivity contribution in [1.82, 2.24) is 4.90 Å². The van der Waals surface area contributed by atoms with Crippen LogP contribution in [0.2, 0.25) is 0 Å². The lowest BCUT2D eigenvalue weighted by molar-refractivity contribution is -0.137. The van der Waals surface area contributed by atoms with Crippen molar-refractivity contribution >= 4 is 23.2 Å². The van der Waals surface area contributed by atoms with Gasteiger partial charge < -0.3 is 10.6 Å². The fourth-order valence-electron chi connectivity index (χ4n) is 3.37. The molecule has 1 aliphatic carbocycles. The molecule has 31 heavy (non-hydrogen) atoms. The highest BCUT2D eigenvalue weighted by atomic mass is 19.4. The van der Waals surface area contributed by atoms with Gasteiger partial charge in [-0.1, -0.05) is 24.3 Å². The lowest BCUT2D eigenvalue weighted by Crippen LogP contribution is -2.37. The number of para-hydroxylation sites is 1. The van der Waals surface area contributed by atoms with Gasteiger partial charge in [-0.15, -0.1) is 0 Å². The van der Waals surface area contributed by atoms with Crippen LogP contribution in [0.1, 0.15) is 36.0 Å². The van der Waals surface area contributed by atoms with E-state index in [1.165, 1.54) is 18.2 Å². The van der Waals surface area contributed by atoms with Crippen molar-refractivity contribution in [3.63, 3.8) is 0 Å². The summed E-state index contributed by atoms with van der Waals surface area (Å²) < 4.78 is 39.3. The Hall–Kier alpha value is -2.87. The number of rotatable bonds is 8. The smallest absolute Gasteiger partial charge is 0.325 e. The Kier molecular flexibility index (Phi) is 7.00. The van der Waals surface area contributed by atoms with Crippen LogP contribution >= 0.6 is 0 Å². The summed E-state index contributed by atoms with van der Waals surface area (Å²) in [6, 6.07) is 10.9. The summed E-state index contributed by atoms with van der Waals surface area (Å²) in [7, 11) is 0. The number of nitrogens with zero attached hydrogens (tertiary/aromatic N) is 1. The molecule has 0 bridgehead atoms. The molecular formula is C23H26F3N3O2. The highest BCUT2D eigenvalue weighted by Gasteiger charge is 2.34. The predicted molar refractivity (Wildman–Crippen MR) is 114 cm³/mol. The molecule has 0 aromatic heterocycles. The number of amides is 2. The number of benzene rings is 2. The van der Waals surface area contributed by atoms with Gasteiger partial charge in [-0.3, -0.25) is 14.5 Å². The average molecular weight is 433 g/mol. The maximum Gasteiger partial charge on any atom is 0.418 e. The zero-order valence-corrected chi connectivity index (χ0v) is 17.6. The first-order chi connectivity index (χ1) is 14.6. The van der Waals surface area contributed by atoms with Gasteiger partial charge in [0.15, 0.2) is 0 Å². The molecule has 5 nitrogen and oxygen atoms in total. The summed E-state index contributed by atoms with van der Waals surface area (Å²) in [5, 5.41) is 5.26. The summed E-state index contributed by atoms with van der Waals surface area (Å²) in [6.45, 7) is 4.29. The predicted octanol–water partition coefficient (Wildman–Crippen LogP) is 4.75. The van der Waals surface area contributed by atoms with Gasteiger partial charge in [0.25, 0.3) is 0 Å². The molecule has 3 rings (SSSR count). The molecular weight excluding hydrogens is 407 g/mol. The van der Waals surface area contributed by atoms with E-state index in [9.17, 15) is 22.8 Å². The molecule has 2 aromatic rings. The van der Waals surface area contributed by atoms with E-state index in [1.54, 1.807) is 0 Å². The van der Waals surface area contributed by atoms with Crippen molar-refractivity contribution in [3.8, 4) is 0 Å².